The van der Waals surface area contributed by atoms with Gasteiger partial charge >= 0.3 is 0 Å². The van der Waals surface area contributed by atoms with Crippen LogP contribution in [0.4, 0.5) is 10.1 Å². The van der Waals surface area contributed by atoms with Crippen LogP contribution in [0.15, 0.2) is 48.7 Å². The first-order chi connectivity index (χ1) is 10.0. The van der Waals surface area contributed by atoms with Crippen molar-refractivity contribution in [2.45, 2.75) is 13.8 Å². The van der Waals surface area contributed by atoms with Crippen LogP contribution in [0.2, 0.25) is 0 Å². The second kappa shape index (κ2) is 5.05. The molecular weight excluding hydrogens is 265 g/mol. The molecular formula is C17H16FN3. The Balaban J connectivity index is 2.12. The Morgan fingerprint density at radius 1 is 1.05 bits per heavy atom. The SMILES string of the molecule is Cc1cc(C)cc(-c2nn(-c3ccccc3F)cc2N)c1. The van der Waals surface area contributed by atoms with E-state index < -0.39 is 0 Å². The number of para-hydroxylation sites is 1. The lowest BCUT2D eigenvalue weighted by Gasteiger charge is -2.04. The van der Waals surface area contributed by atoms with Gasteiger partial charge in [-0.1, -0.05) is 29.3 Å². The fourth-order valence-electron chi connectivity index (χ4n) is 2.48. The summed E-state index contributed by atoms with van der Waals surface area (Å²) in [5.41, 5.74) is 10.9. The molecule has 0 atom stereocenters. The largest absolute Gasteiger partial charge is 0.396 e. The third kappa shape index (κ3) is 2.52. The number of aryl methyl sites for hydroxylation is 2. The van der Waals surface area contributed by atoms with Crippen molar-refractivity contribution >= 4 is 5.69 Å². The van der Waals surface area contributed by atoms with Gasteiger partial charge < -0.3 is 5.73 Å². The highest BCUT2D eigenvalue weighted by atomic mass is 19.1. The van der Waals surface area contributed by atoms with Crippen molar-refractivity contribution in [1.82, 2.24) is 9.78 Å². The van der Waals surface area contributed by atoms with Crippen LogP contribution >= 0.6 is 0 Å². The summed E-state index contributed by atoms with van der Waals surface area (Å²) >= 11 is 0. The third-order valence-corrected chi connectivity index (χ3v) is 3.34. The van der Waals surface area contributed by atoms with Crippen molar-refractivity contribution in [3.8, 4) is 16.9 Å². The first-order valence-corrected chi connectivity index (χ1v) is 6.73. The van der Waals surface area contributed by atoms with E-state index in [1.54, 1.807) is 24.4 Å². The molecule has 0 unspecified atom stereocenters. The molecule has 0 spiro atoms. The molecule has 0 saturated heterocycles. The number of nitrogens with two attached hydrogens (primary N) is 1. The van der Waals surface area contributed by atoms with Crippen LogP contribution in [0.25, 0.3) is 16.9 Å². The maximum absolute atomic E-state index is 13.8. The Morgan fingerprint density at radius 3 is 2.38 bits per heavy atom. The molecule has 0 saturated carbocycles. The van der Waals surface area contributed by atoms with Crippen molar-refractivity contribution < 1.29 is 4.39 Å². The van der Waals surface area contributed by atoms with Gasteiger partial charge in [0.05, 0.1) is 11.9 Å². The number of anilines is 1. The molecule has 1 heterocycles. The molecule has 0 aliphatic rings. The first-order valence-electron chi connectivity index (χ1n) is 6.73. The highest BCUT2D eigenvalue weighted by Gasteiger charge is 2.12. The van der Waals surface area contributed by atoms with Crippen molar-refractivity contribution in [2.24, 2.45) is 0 Å². The number of halogens is 1. The van der Waals surface area contributed by atoms with Gasteiger partial charge in [0.25, 0.3) is 0 Å². The quantitative estimate of drug-likeness (QED) is 0.774. The third-order valence-electron chi connectivity index (χ3n) is 3.34. The van der Waals surface area contributed by atoms with E-state index >= 15 is 0 Å². The van der Waals surface area contributed by atoms with Crippen LogP contribution in [-0.4, -0.2) is 9.78 Å². The summed E-state index contributed by atoms with van der Waals surface area (Å²) < 4.78 is 15.3. The Hall–Kier alpha value is -2.62. The van der Waals surface area contributed by atoms with Crippen molar-refractivity contribution in [3.05, 3.63) is 65.6 Å². The predicted molar refractivity (Wildman–Crippen MR) is 82.8 cm³/mol. The number of rotatable bonds is 2. The van der Waals surface area contributed by atoms with Crippen LogP contribution in [0.3, 0.4) is 0 Å². The zero-order valence-electron chi connectivity index (χ0n) is 12.0. The fraction of sp³-hybridized carbons (Fsp3) is 0.118. The van der Waals surface area contributed by atoms with Crippen molar-refractivity contribution in [3.63, 3.8) is 0 Å². The van der Waals surface area contributed by atoms with E-state index in [0.29, 0.717) is 17.1 Å². The van der Waals surface area contributed by atoms with Gasteiger partial charge in [-0.3, -0.25) is 0 Å². The minimum absolute atomic E-state index is 0.327. The molecule has 3 rings (SSSR count). The van der Waals surface area contributed by atoms with E-state index in [-0.39, 0.29) is 5.82 Å². The summed E-state index contributed by atoms with van der Waals surface area (Å²) in [5.74, 6) is -0.327. The molecule has 0 fully saturated rings. The molecule has 1 aromatic heterocycles. The zero-order chi connectivity index (χ0) is 15.0. The molecule has 0 bridgehead atoms. The second-order valence-corrected chi connectivity index (χ2v) is 5.21. The number of hydrogen-bond donors (Lipinski definition) is 1. The highest BCUT2D eigenvalue weighted by Crippen LogP contribution is 2.27. The van der Waals surface area contributed by atoms with E-state index in [0.717, 1.165) is 16.7 Å². The summed E-state index contributed by atoms with van der Waals surface area (Å²) in [6, 6.07) is 12.6. The molecule has 2 aromatic carbocycles. The van der Waals surface area contributed by atoms with Gasteiger partial charge in [-0.15, -0.1) is 0 Å². The Bertz CT molecular complexity index is 785. The average Bonchev–Trinajstić information content (AvgIpc) is 2.80. The lowest BCUT2D eigenvalue weighted by molar-refractivity contribution is 0.611. The summed E-state index contributed by atoms with van der Waals surface area (Å²) in [4.78, 5) is 0. The minimum Gasteiger partial charge on any atom is -0.396 e. The van der Waals surface area contributed by atoms with Gasteiger partial charge in [0, 0.05) is 5.56 Å². The van der Waals surface area contributed by atoms with Crippen LogP contribution in [0.5, 0.6) is 0 Å². The molecule has 4 heteroatoms. The molecule has 0 radical (unpaired) electrons. The number of benzene rings is 2. The van der Waals surface area contributed by atoms with Gasteiger partial charge in [0.15, 0.2) is 0 Å². The van der Waals surface area contributed by atoms with Gasteiger partial charge in [0.1, 0.15) is 17.2 Å². The molecule has 0 amide bonds. The summed E-state index contributed by atoms with van der Waals surface area (Å²) in [6.45, 7) is 4.06. The van der Waals surface area contributed by atoms with E-state index in [2.05, 4.69) is 11.2 Å². The number of nitrogens with zero attached hydrogens (tertiary/aromatic N) is 2. The number of hydrogen-bond acceptors (Lipinski definition) is 2. The minimum atomic E-state index is -0.327. The van der Waals surface area contributed by atoms with Crippen LogP contribution in [0.1, 0.15) is 11.1 Å². The molecule has 0 aliphatic heterocycles. The maximum Gasteiger partial charge on any atom is 0.148 e. The first kappa shape index (κ1) is 13.4. The van der Waals surface area contributed by atoms with E-state index in [9.17, 15) is 4.39 Å². The summed E-state index contributed by atoms with van der Waals surface area (Å²) in [5, 5.41) is 4.44. The summed E-state index contributed by atoms with van der Waals surface area (Å²) in [7, 11) is 0. The Labute approximate surface area is 122 Å². The lowest BCUT2D eigenvalue weighted by Crippen LogP contribution is -1.98. The molecule has 3 aromatic rings. The summed E-state index contributed by atoms with van der Waals surface area (Å²) in [6.07, 6.45) is 1.64. The molecule has 21 heavy (non-hydrogen) atoms. The van der Waals surface area contributed by atoms with Crippen LogP contribution in [-0.2, 0) is 0 Å². The molecule has 0 aliphatic carbocycles. The van der Waals surface area contributed by atoms with Gasteiger partial charge in [-0.05, 0) is 38.1 Å². The second-order valence-electron chi connectivity index (χ2n) is 5.21. The molecule has 3 nitrogen and oxygen atoms in total. The Kier molecular flexibility index (Phi) is 3.22. The topological polar surface area (TPSA) is 43.8 Å². The van der Waals surface area contributed by atoms with E-state index in [1.807, 2.05) is 26.0 Å². The number of aromatic nitrogens is 2. The maximum atomic E-state index is 13.8. The fourth-order valence-corrected chi connectivity index (χ4v) is 2.48. The average molecular weight is 281 g/mol. The molecule has 2 N–H and O–H groups in total. The molecule has 106 valence electrons. The van der Waals surface area contributed by atoms with Gasteiger partial charge in [-0.25, -0.2) is 9.07 Å². The van der Waals surface area contributed by atoms with Crippen LogP contribution < -0.4 is 5.73 Å². The van der Waals surface area contributed by atoms with Crippen molar-refractivity contribution in [1.29, 1.82) is 0 Å². The van der Waals surface area contributed by atoms with E-state index in [4.69, 9.17) is 5.73 Å². The highest BCUT2D eigenvalue weighted by molar-refractivity contribution is 5.73. The normalized spacial score (nSPS) is 10.8. The predicted octanol–water partition coefficient (Wildman–Crippen LogP) is 3.88. The van der Waals surface area contributed by atoms with Gasteiger partial charge in [0.2, 0.25) is 0 Å². The lowest BCUT2D eigenvalue weighted by atomic mass is 10.0. The standard InChI is InChI=1S/C17H16FN3/c1-11-7-12(2)9-13(8-11)17-15(19)10-21(20-17)16-6-4-3-5-14(16)18/h3-10H,19H2,1-2H3. The smallest absolute Gasteiger partial charge is 0.148 e. The van der Waals surface area contributed by atoms with E-state index in [1.165, 1.54) is 10.7 Å². The Morgan fingerprint density at radius 2 is 1.71 bits per heavy atom. The number of nitrogen functional groups attached to an aromatic ring is 1. The van der Waals surface area contributed by atoms with Crippen LogP contribution in [0, 0.1) is 19.7 Å². The monoisotopic (exact) mass is 281 g/mol. The van der Waals surface area contributed by atoms with Gasteiger partial charge in [-0.2, -0.15) is 5.10 Å². The van der Waals surface area contributed by atoms with Crippen molar-refractivity contribution in [2.75, 3.05) is 5.73 Å². The zero-order valence-corrected chi connectivity index (χ0v) is 12.0.